The van der Waals surface area contributed by atoms with Gasteiger partial charge < -0.3 is 8.83 Å². The molecule has 0 fully saturated rings. The second-order valence-electron chi connectivity index (χ2n) is 8.82. The van der Waals surface area contributed by atoms with E-state index in [0.29, 0.717) is 34.8 Å². The van der Waals surface area contributed by atoms with E-state index in [-0.39, 0.29) is 0 Å². The molecule has 0 N–H and O–H groups in total. The topological polar surface area (TPSA) is 117 Å². The fourth-order valence-corrected chi connectivity index (χ4v) is 4.24. The van der Waals surface area contributed by atoms with Crippen LogP contribution >= 0.6 is 0 Å². The average Bonchev–Trinajstić information content (AvgIpc) is 3.74. The molecule has 9 heteroatoms. The van der Waals surface area contributed by atoms with Crippen molar-refractivity contribution >= 4 is 0 Å². The van der Waals surface area contributed by atoms with Gasteiger partial charge in [-0.3, -0.25) is 9.97 Å². The summed E-state index contributed by atoms with van der Waals surface area (Å²) in [6.45, 7) is 0. The molecular formula is C31H19N7O2. The Kier molecular flexibility index (Phi) is 5.91. The first-order valence-electron chi connectivity index (χ1n) is 12.5. The third-order valence-electron chi connectivity index (χ3n) is 6.17. The van der Waals surface area contributed by atoms with Crippen LogP contribution in [0.25, 0.3) is 68.6 Å². The second kappa shape index (κ2) is 10.1. The van der Waals surface area contributed by atoms with Crippen molar-refractivity contribution < 1.29 is 8.83 Å². The van der Waals surface area contributed by atoms with Crippen LogP contribution in [0.3, 0.4) is 0 Å². The summed E-state index contributed by atoms with van der Waals surface area (Å²) in [6.07, 6.45) is 3.50. The van der Waals surface area contributed by atoms with E-state index in [9.17, 15) is 0 Å². The van der Waals surface area contributed by atoms with Crippen molar-refractivity contribution in [2.45, 2.75) is 0 Å². The first-order chi connectivity index (χ1) is 19.8. The van der Waals surface area contributed by atoms with Crippen molar-refractivity contribution in [1.82, 2.24) is 35.3 Å². The van der Waals surface area contributed by atoms with E-state index in [4.69, 9.17) is 8.83 Å². The number of hydrogen-bond acceptors (Lipinski definition) is 9. The Hall–Kier alpha value is -5.83. The van der Waals surface area contributed by atoms with Crippen molar-refractivity contribution in [2.24, 2.45) is 0 Å². The molecule has 0 bridgehead atoms. The quantitative estimate of drug-likeness (QED) is 0.237. The van der Waals surface area contributed by atoms with Gasteiger partial charge in [0.15, 0.2) is 0 Å². The van der Waals surface area contributed by atoms with Crippen LogP contribution in [0.5, 0.6) is 0 Å². The summed E-state index contributed by atoms with van der Waals surface area (Å²) < 4.78 is 12.0. The second-order valence-corrected chi connectivity index (χ2v) is 8.82. The summed E-state index contributed by atoms with van der Waals surface area (Å²) in [7, 11) is 0. The monoisotopic (exact) mass is 521 g/mol. The third kappa shape index (κ3) is 4.63. The van der Waals surface area contributed by atoms with E-state index in [2.05, 4.69) is 35.3 Å². The lowest BCUT2D eigenvalue weighted by atomic mass is 10.1. The van der Waals surface area contributed by atoms with Crippen molar-refractivity contribution in [2.75, 3.05) is 0 Å². The standard InChI is InChI=1S/C31H19N7O2/c1-3-16-32-24(12-1)20-8-5-9-21(18-20)28-35-36-29(39-28)22-10-6-11-23(19-22)30-37-38-31(40-30)27-15-7-14-26(34-27)25-13-2-4-17-33-25/h1-19H. The van der Waals surface area contributed by atoms with Crippen molar-refractivity contribution in [3.8, 4) is 68.6 Å². The van der Waals surface area contributed by atoms with Crippen LogP contribution in [0, 0.1) is 0 Å². The molecule has 0 amide bonds. The van der Waals surface area contributed by atoms with Crippen LogP contribution in [0.15, 0.2) is 124 Å². The molecule has 40 heavy (non-hydrogen) atoms. The fourth-order valence-electron chi connectivity index (χ4n) is 4.24. The maximum Gasteiger partial charge on any atom is 0.266 e. The maximum atomic E-state index is 6.04. The van der Waals surface area contributed by atoms with Gasteiger partial charge in [0.2, 0.25) is 17.7 Å². The molecule has 0 aliphatic rings. The minimum atomic E-state index is 0.311. The first-order valence-corrected chi connectivity index (χ1v) is 12.5. The number of hydrogen-bond donors (Lipinski definition) is 0. The molecule has 0 aliphatic carbocycles. The number of pyridine rings is 3. The van der Waals surface area contributed by atoms with Crippen LogP contribution in [-0.4, -0.2) is 35.3 Å². The molecule has 7 aromatic rings. The molecule has 0 saturated heterocycles. The molecule has 2 aromatic carbocycles. The van der Waals surface area contributed by atoms with Gasteiger partial charge in [-0.15, -0.1) is 20.4 Å². The van der Waals surface area contributed by atoms with Crippen LogP contribution in [0.1, 0.15) is 0 Å². The van der Waals surface area contributed by atoms with Gasteiger partial charge >= 0.3 is 0 Å². The molecule has 7 rings (SSSR count). The van der Waals surface area contributed by atoms with E-state index >= 15 is 0 Å². The normalized spacial score (nSPS) is 11.0. The zero-order valence-corrected chi connectivity index (χ0v) is 20.9. The van der Waals surface area contributed by atoms with Gasteiger partial charge in [0.1, 0.15) is 5.69 Å². The lowest BCUT2D eigenvalue weighted by molar-refractivity contribution is 0.581. The molecule has 190 valence electrons. The Morgan fingerprint density at radius 2 is 0.850 bits per heavy atom. The number of rotatable bonds is 6. The highest BCUT2D eigenvalue weighted by atomic mass is 16.4. The van der Waals surface area contributed by atoms with Crippen LogP contribution in [0.4, 0.5) is 0 Å². The van der Waals surface area contributed by atoms with Crippen LogP contribution in [-0.2, 0) is 0 Å². The summed E-state index contributed by atoms with van der Waals surface area (Å²) >= 11 is 0. The summed E-state index contributed by atoms with van der Waals surface area (Å²) in [4.78, 5) is 13.4. The molecule has 0 saturated carbocycles. The minimum absolute atomic E-state index is 0.311. The summed E-state index contributed by atoms with van der Waals surface area (Å²) in [5, 5.41) is 17.0. The summed E-state index contributed by atoms with van der Waals surface area (Å²) in [5.41, 5.74) is 6.13. The van der Waals surface area contributed by atoms with Crippen molar-refractivity contribution in [1.29, 1.82) is 0 Å². The van der Waals surface area contributed by atoms with E-state index < -0.39 is 0 Å². The van der Waals surface area contributed by atoms with Gasteiger partial charge in [0.25, 0.3) is 5.89 Å². The van der Waals surface area contributed by atoms with Crippen LogP contribution in [0.2, 0.25) is 0 Å². The summed E-state index contributed by atoms with van der Waals surface area (Å²) in [5.74, 6) is 1.46. The number of nitrogens with zero attached hydrogens (tertiary/aromatic N) is 7. The fraction of sp³-hybridized carbons (Fsp3) is 0. The molecule has 0 atom stereocenters. The van der Waals surface area contributed by atoms with E-state index in [1.54, 1.807) is 12.4 Å². The van der Waals surface area contributed by atoms with Crippen molar-refractivity contribution in [3.63, 3.8) is 0 Å². The SMILES string of the molecule is c1ccc(-c2cccc(-c3nnc(-c4cccc(-c5nnc(-c6cccc(-c7ccccn7)n6)o5)c4)o3)c2)nc1. The molecule has 0 unspecified atom stereocenters. The summed E-state index contributed by atoms with van der Waals surface area (Å²) in [6, 6.07) is 32.4. The van der Waals surface area contributed by atoms with Gasteiger partial charge in [-0.1, -0.05) is 36.4 Å². The first kappa shape index (κ1) is 23.3. The Bertz CT molecular complexity index is 1780. The highest BCUT2D eigenvalue weighted by Crippen LogP contribution is 2.30. The predicted molar refractivity (Wildman–Crippen MR) is 148 cm³/mol. The van der Waals surface area contributed by atoms with Gasteiger partial charge in [0.05, 0.1) is 17.1 Å². The Morgan fingerprint density at radius 3 is 1.48 bits per heavy atom. The highest BCUT2D eigenvalue weighted by molar-refractivity contribution is 5.69. The van der Waals surface area contributed by atoms with Gasteiger partial charge in [-0.25, -0.2) is 4.98 Å². The van der Waals surface area contributed by atoms with E-state index in [1.807, 2.05) is 103 Å². The van der Waals surface area contributed by atoms with E-state index in [1.165, 1.54) is 0 Å². The molecule has 0 spiro atoms. The van der Waals surface area contributed by atoms with Crippen LogP contribution < -0.4 is 0 Å². The van der Waals surface area contributed by atoms with Gasteiger partial charge in [-0.05, 0) is 66.7 Å². The molecule has 9 nitrogen and oxygen atoms in total. The lowest BCUT2D eigenvalue weighted by Gasteiger charge is -2.02. The van der Waals surface area contributed by atoms with Gasteiger partial charge in [-0.2, -0.15) is 0 Å². The largest absolute Gasteiger partial charge is 0.416 e. The molecule has 5 aromatic heterocycles. The molecule has 5 heterocycles. The number of aromatic nitrogens is 7. The Labute approximate surface area is 228 Å². The van der Waals surface area contributed by atoms with E-state index in [0.717, 1.165) is 33.8 Å². The smallest absolute Gasteiger partial charge is 0.266 e. The lowest BCUT2D eigenvalue weighted by Crippen LogP contribution is -1.89. The molecule has 0 radical (unpaired) electrons. The maximum absolute atomic E-state index is 6.04. The zero-order valence-electron chi connectivity index (χ0n) is 20.9. The molecule has 0 aliphatic heterocycles. The minimum Gasteiger partial charge on any atom is -0.416 e. The Morgan fingerprint density at radius 1 is 0.375 bits per heavy atom. The molecular weight excluding hydrogens is 502 g/mol. The highest BCUT2D eigenvalue weighted by Gasteiger charge is 2.16. The van der Waals surface area contributed by atoms with Crippen molar-refractivity contribution in [3.05, 3.63) is 116 Å². The average molecular weight is 522 g/mol. The predicted octanol–water partition coefficient (Wildman–Crippen LogP) is 6.64. The zero-order chi connectivity index (χ0) is 26.7. The van der Waals surface area contributed by atoms with Gasteiger partial charge in [0, 0.05) is 34.6 Å². The Balaban J connectivity index is 1.15. The third-order valence-corrected chi connectivity index (χ3v) is 6.17. The number of benzene rings is 2.